The lowest BCUT2D eigenvalue weighted by Crippen LogP contribution is -2.45. The minimum absolute atomic E-state index is 0. The van der Waals surface area contributed by atoms with Gasteiger partial charge in [0.05, 0.1) is 0 Å². The van der Waals surface area contributed by atoms with Gasteiger partial charge in [-0.2, -0.15) is 0 Å². The van der Waals surface area contributed by atoms with Crippen molar-refractivity contribution in [3.05, 3.63) is 65.2 Å². The van der Waals surface area contributed by atoms with Crippen molar-refractivity contribution in [2.75, 3.05) is 18.4 Å². The Balaban J connectivity index is 0.00000300. The van der Waals surface area contributed by atoms with Crippen LogP contribution in [-0.2, 0) is 10.3 Å². The number of halogens is 1. The Bertz CT molecular complexity index is 860. The molecule has 2 aromatic rings. The van der Waals surface area contributed by atoms with Crippen molar-refractivity contribution >= 4 is 29.9 Å². The van der Waals surface area contributed by atoms with E-state index in [1.165, 1.54) is 0 Å². The normalized spacial score (nSPS) is 16.5. The van der Waals surface area contributed by atoms with Crippen molar-refractivity contribution in [2.45, 2.75) is 39.2 Å². The van der Waals surface area contributed by atoms with E-state index in [0.29, 0.717) is 17.2 Å². The van der Waals surface area contributed by atoms with Crippen LogP contribution in [0, 0.1) is 12.8 Å². The lowest BCUT2D eigenvalue weighted by Gasteiger charge is -2.30. The summed E-state index contributed by atoms with van der Waals surface area (Å²) in [5.74, 6) is 0.449. The van der Waals surface area contributed by atoms with Gasteiger partial charge in [0.2, 0.25) is 5.91 Å². The molecule has 3 rings (SSSR count). The Hall–Kier alpha value is -2.37. The number of aryl methyl sites for hydroxylation is 1. The summed E-state index contributed by atoms with van der Waals surface area (Å²) in [7, 11) is 0. The largest absolute Gasteiger partial charge is 0.339 e. The number of carbonyl (C=O) groups is 2. The van der Waals surface area contributed by atoms with Gasteiger partial charge in [-0.05, 0) is 61.9 Å². The first-order valence-electron chi connectivity index (χ1n) is 9.85. The van der Waals surface area contributed by atoms with Crippen LogP contribution in [0.5, 0.6) is 0 Å². The summed E-state index contributed by atoms with van der Waals surface area (Å²) in [6.45, 7) is 7.42. The quantitative estimate of drug-likeness (QED) is 0.789. The molecule has 156 valence electrons. The Labute approximate surface area is 179 Å². The number of rotatable bonds is 4. The van der Waals surface area contributed by atoms with Crippen LogP contribution < -0.4 is 11.1 Å². The van der Waals surface area contributed by atoms with Crippen LogP contribution >= 0.6 is 12.4 Å². The molecule has 29 heavy (non-hydrogen) atoms. The van der Waals surface area contributed by atoms with Crippen molar-refractivity contribution in [3.8, 4) is 0 Å². The standard InChI is InChI=1S/C23H29N3O2.ClH/c1-16-11-13-26(14-12-16)21(27)18-9-10-20(17(2)15-18)25-22(28)23(3,24)19-7-5-4-6-8-19;/h4-10,15-16H,11-14,24H2,1-3H3,(H,25,28);1H. The molecule has 0 aromatic heterocycles. The van der Waals surface area contributed by atoms with Crippen molar-refractivity contribution in [3.63, 3.8) is 0 Å². The summed E-state index contributed by atoms with van der Waals surface area (Å²) < 4.78 is 0. The first kappa shape index (κ1) is 22.9. The average molecular weight is 416 g/mol. The van der Waals surface area contributed by atoms with Crippen LogP contribution in [0.2, 0.25) is 0 Å². The fourth-order valence-corrected chi connectivity index (χ4v) is 3.50. The number of nitrogens with one attached hydrogen (secondary N) is 1. The van der Waals surface area contributed by atoms with E-state index < -0.39 is 5.54 Å². The predicted molar refractivity (Wildman–Crippen MR) is 119 cm³/mol. The topological polar surface area (TPSA) is 75.4 Å². The highest BCUT2D eigenvalue weighted by atomic mass is 35.5. The number of piperidine rings is 1. The number of anilines is 1. The van der Waals surface area contributed by atoms with Gasteiger partial charge in [0.15, 0.2) is 0 Å². The SMILES string of the molecule is Cc1cc(C(=O)N2CCC(C)CC2)ccc1NC(=O)C(C)(N)c1ccccc1.Cl. The molecule has 0 spiro atoms. The molecule has 0 aliphatic carbocycles. The highest BCUT2D eigenvalue weighted by molar-refractivity contribution is 6.00. The summed E-state index contributed by atoms with van der Waals surface area (Å²) in [5, 5.41) is 2.91. The molecular weight excluding hydrogens is 386 g/mol. The molecule has 0 bridgehead atoms. The van der Waals surface area contributed by atoms with Crippen LogP contribution in [-0.4, -0.2) is 29.8 Å². The van der Waals surface area contributed by atoms with Gasteiger partial charge >= 0.3 is 0 Å². The number of hydrogen-bond donors (Lipinski definition) is 2. The first-order valence-corrected chi connectivity index (χ1v) is 9.85. The fourth-order valence-electron chi connectivity index (χ4n) is 3.50. The maximum absolute atomic E-state index is 12.8. The van der Waals surface area contributed by atoms with Gasteiger partial charge in [-0.3, -0.25) is 9.59 Å². The summed E-state index contributed by atoms with van der Waals surface area (Å²) in [4.78, 5) is 27.4. The third-order valence-corrected chi connectivity index (χ3v) is 5.64. The molecule has 1 fully saturated rings. The third kappa shape index (κ3) is 5.17. The predicted octanol–water partition coefficient (Wildman–Crippen LogP) is 4.10. The molecule has 0 saturated carbocycles. The van der Waals surface area contributed by atoms with E-state index >= 15 is 0 Å². The van der Waals surface area contributed by atoms with E-state index in [4.69, 9.17) is 5.73 Å². The molecule has 1 unspecified atom stereocenters. The summed E-state index contributed by atoms with van der Waals surface area (Å²) in [5.41, 5.74) is 8.06. The maximum Gasteiger partial charge on any atom is 0.253 e. The lowest BCUT2D eigenvalue weighted by atomic mass is 9.92. The molecule has 3 N–H and O–H groups in total. The Kier molecular flexibility index (Phi) is 7.44. The summed E-state index contributed by atoms with van der Waals surface area (Å²) >= 11 is 0. The number of carbonyl (C=O) groups excluding carboxylic acids is 2. The number of nitrogens with two attached hydrogens (primary N) is 1. The third-order valence-electron chi connectivity index (χ3n) is 5.64. The molecule has 1 aliphatic heterocycles. The molecular formula is C23H30ClN3O2. The Morgan fingerprint density at radius 2 is 1.72 bits per heavy atom. The molecule has 6 heteroatoms. The molecule has 1 saturated heterocycles. The van der Waals surface area contributed by atoms with Gasteiger partial charge in [-0.15, -0.1) is 12.4 Å². The van der Waals surface area contributed by atoms with Crippen LogP contribution in [0.1, 0.15) is 48.2 Å². The zero-order valence-corrected chi connectivity index (χ0v) is 18.1. The van der Waals surface area contributed by atoms with E-state index in [0.717, 1.165) is 37.1 Å². The fraction of sp³-hybridized carbons (Fsp3) is 0.391. The van der Waals surface area contributed by atoms with Crippen LogP contribution in [0.25, 0.3) is 0 Å². The second-order valence-corrected chi connectivity index (χ2v) is 8.03. The monoisotopic (exact) mass is 415 g/mol. The van der Waals surface area contributed by atoms with E-state index in [2.05, 4.69) is 12.2 Å². The Morgan fingerprint density at radius 1 is 1.10 bits per heavy atom. The van der Waals surface area contributed by atoms with Gasteiger partial charge in [0.1, 0.15) is 5.54 Å². The van der Waals surface area contributed by atoms with Gasteiger partial charge in [0, 0.05) is 24.3 Å². The van der Waals surface area contributed by atoms with Crippen molar-refractivity contribution < 1.29 is 9.59 Å². The summed E-state index contributed by atoms with van der Waals surface area (Å²) in [6.07, 6.45) is 2.10. The van der Waals surface area contributed by atoms with Crippen molar-refractivity contribution in [2.24, 2.45) is 11.7 Å². The minimum atomic E-state index is -1.15. The average Bonchev–Trinajstić information content (AvgIpc) is 2.70. The minimum Gasteiger partial charge on any atom is -0.339 e. The van der Waals surface area contributed by atoms with E-state index in [-0.39, 0.29) is 24.2 Å². The number of hydrogen-bond acceptors (Lipinski definition) is 3. The number of amides is 2. The zero-order valence-electron chi connectivity index (χ0n) is 17.3. The van der Waals surface area contributed by atoms with Crippen LogP contribution in [0.4, 0.5) is 5.69 Å². The smallest absolute Gasteiger partial charge is 0.253 e. The second kappa shape index (κ2) is 9.42. The zero-order chi connectivity index (χ0) is 20.3. The van der Waals surface area contributed by atoms with E-state index in [1.807, 2.05) is 48.2 Å². The van der Waals surface area contributed by atoms with E-state index in [1.54, 1.807) is 19.1 Å². The first-order chi connectivity index (χ1) is 13.3. The van der Waals surface area contributed by atoms with Crippen molar-refractivity contribution in [1.82, 2.24) is 4.90 Å². The molecule has 2 aromatic carbocycles. The summed E-state index contributed by atoms with van der Waals surface area (Å²) in [6, 6.07) is 14.7. The van der Waals surface area contributed by atoms with Gasteiger partial charge < -0.3 is 16.0 Å². The second-order valence-electron chi connectivity index (χ2n) is 8.03. The number of likely N-dealkylation sites (tertiary alicyclic amines) is 1. The highest BCUT2D eigenvalue weighted by Crippen LogP contribution is 2.24. The van der Waals surface area contributed by atoms with Crippen LogP contribution in [0.15, 0.2) is 48.5 Å². The van der Waals surface area contributed by atoms with Crippen molar-refractivity contribution in [1.29, 1.82) is 0 Å². The molecule has 1 heterocycles. The van der Waals surface area contributed by atoms with Gasteiger partial charge in [-0.1, -0.05) is 37.3 Å². The molecule has 0 radical (unpaired) electrons. The molecule has 1 aliphatic rings. The Morgan fingerprint density at radius 3 is 2.31 bits per heavy atom. The maximum atomic E-state index is 12.8. The number of nitrogens with zero attached hydrogens (tertiary/aromatic N) is 1. The molecule has 2 amide bonds. The highest BCUT2D eigenvalue weighted by Gasteiger charge is 2.31. The van der Waals surface area contributed by atoms with Crippen LogP contribution in [0.3, 0.4) is 0 Å². The lowest BCUT2D eigenvalue weighted by molar-refractivity contribution is -0.120. The van der Waals surface area contributed by atoms with E-state index in [9.17, 15) is 9.59 Å². The van der Waals surface area contributed by atoms with Gasteiger partial charge in [0.25, 0.3) is 5.91 Å². The number of benzene rings is 2. The van der Waals surface area contributed by atoms with Gasteiger partial charge in [-0.25, -0.2) is 0 Å². The molecule has 1 atom stereocenters. The molecule has 5 nitrogen and oxygen atoms in total.